The molecule has 1 aromatic carbocycles. The summed E-state index contributed by atoms with van der Waals surface area (Å²) in [6.07, 6.45) is -1.39. The number of nitrogens with one attached hydrogen (secondary N) is 1. The van der Waals surface area contributed by atoms with Gasteiger partial charge in [0.1, 0.15) is 16.8 Å². The molecule has 1 aromatic heterocycles. The molecule has 2 aromatic rings. The van der Waals surface area contributed by atoms with E-state index in [9.17, 15) is 9.59 Å². The zero-order valence-corrected chi connectivity index (χ0v) is 14.7. The van der Waals surface area contributed by atoms with Crippen molar-refractivity contribution in [3.05, 3.63) is 47.3 Å². The van der Waals surface area contributed by atoms with E-state index in [0.717, 1.165) is 0 Å². The number of rotatable bonds is 7. The van der Waals surface area contributed by atoms with Crippen LogP contribution in [0.3, 0.4) is 0 Å². The van der Waals surface area contributed by atoms with Gasteiger partial charge in [0.05, 0.1) is 5.56 Å². The summed E-state index contributed by atoms with van der Waals surface area (Å²) in [4.78, 5) is 24.4. The molecule has 6 nitrogen and oxygen atoms in total. The summed E-state index contributed by atoms with van der Waals surface area (Å²) in [5.41, 5.74) is 0.371. The van der Waals surface area contributed by atoms with Crippen molar-refractivity contribution < 1.29 is 19.1 Å². The molecule has 2 atom stereocenters. The molecule has 0 aliphatic rings. The van der Waals surface area contributed by atoms with Crippen molar-refractivity contribution in [2.45, 2.75) is 32.5 Å². The molecule has 1 N–H and O–H groups in total. The molecular formula is C18H18N2O4S. The Balaban J connectivity index is 1.93. The van der Waals surface area contributed by atoms with Crippen molar-refractivity contribution in [2.24, 2.45) is 0 Å². The van der Waals surface area contributed by atoms with Gasteiger partial charge in [-0.05, 0) is 36.9 Å². The number of carbonyl (C=O) groups excluding carboxylic acids is 2. The minimum Gasteiger partial charge on any atom is -0.479 e. The Morgan fingerprint density at radius 3 is 2.64 bits per heavy atom. The van der Waals surface area contributed by atoms with Crippen LogP contribution in [-0.4, -0.2) is 24.1 Å². The van der Waals surface area contributed by atoms with Gasteiger partial charge < -0.3 is 14.8 Å². The summed E-state index contributed by atoms with van der Waals surface area (Å²) in [5.74, 6) is -0.553. The van der Waals surface area contributed by atoms with Crippen molar-refractivity contribution in [3.63, 3.8) is 0 Å². The lowest BCUT2D eigenvalue weighted by atomic mass is 10.2. The number of amides is 1. The second-order valence-corrected chi connectivity index (χ2v) is 6.09. The highest BCUT2D eigenvalue weighted by molar-refractivity contribution is 7.14. The summed E-state index contributed by atoms with van der Waals surface area (Å²) in [6.45, 7) is 3.27. The Bertz CT molecular complexity index is 767. The monoisotopic (exact) mass is 358 g/mol. The van der Waals surface area contributed by atoms with E-state index < -0.39 is 24.1 Å². The van der Waals surface area contributed by atoms with Gasteiger partial charge >= 0.3 is 5.97 Å². The summed E-state index contributed by atoms with van der Waals surface area (Å²) >= 11 is 1.23. The molecule has 0 fully saturated rings. The minimum absolute atomic E-state index is 0.371. The Morgan fingerprint density at radius 2 is 2.00 bits per heavy atom. The highest BCUT2D eigenvalue weighted by atomic mass is 32.1. The summed E-state index contributed by atoms with van der Waals surface area (Å²) in [7, 11) is 0. The SMILES string of the molecule is CC[C@@H](Oc1ccccc1)C(=O)O[C@@H](C)C(=O)Nc1sccc1C#N. The van der Waals surface area contributed by atoms with E-state index in [4.69, 9.17) is 14.7 Å². The number of para-hydroxylation sites is 1. The quantitative estimate of drug-likeness (QED) is 0.767. The fourth-order valence-corrected chi connectivity index (χ4v) is 2.71. The smallest absolute Gasteiger partial charge is 0.348 e. The zero-order valence-electron chi connectivity index (χ0n) is 13.9. The van der Waals surface area contributed by atoms with Crippen LogP contribution in [0, 0.1) is 11.3 Å². The molecule has 0 saturated carbocycles. The lowest BCUT2D eigenvalue weighted by Gasteiger charge is -2.19. The molecule has 130 valence electrons. The maximum Gasteiger partial charge on any atom is 0.348 e. The highest BCUT2D eigenvalue weighted by Crippen LogP contribution is 2.22. The Labute approximate surface area is 150 Å². The van der Waals surface area contributed by atoms with Gasteiger partial charge in [0, 0.05) is 0 Å². The lowest BCUT2D eigenvalue weighted by molar-refractivity contribution is -0.160. The third-order valence-electron chi connectivity index (χ3n) is 3.34. The maximum absolute atomic E-state index is 12.2. The zero-order chi connectivity index (χ0) is 18.2. The van der Waals surface area contributed by atoms with Gasteiger partial charge in [0.25, 0.3) is 5.91 Å². The summed E-state index contributed by atoms with van der Waals surface area (Å²) in [6, 6.07) is 12.5. The minimum atomic E-state index is -1.01. The second kappa shape index (κ2) is 8.85. The van der Waals surface area contributed by atoms with Gasteiger partial charge in [-0.1, -0.05) is 25.1 Å². The van der Waals surface area contributed by atoms with Crippen molar-refractivity contribution in [2.75, 3.05) is 5.32 Å². The van der Waals surface area contributed by atoms with Crippen molar-refractivity contribution in [1.29, 1.82) is 5.26 Å². The molecule has 7 heteroatoms. The average molecular weight is 358 g/mol. The number of hydrogen-bond acceptors (Lipinski definition) is 6. The van der Waals surface area contributed by atoms with Gasteiger partial charge in [-0.2, -0.15) is 5.26 Å². The maximum atomic E-state index is 12.2. The predicted octanol–water partition coefficient (Wildman–Crippen LogP) is 3.35. The number of benzene rings is 1. The molecule has 0 aliphatic heterocycles. The van der Waals surface area contributed by atoms with E-state index in [1.165, 1.54) is 18.3 Å². The molecule has 2 rings (SSSR count). The molecule has 1 heterocycles. The lowest BCUT2D eigenvalue weighted by Crippen LogP contribution is -2.36. The third kappa shape index (κ3) is 5.06. The van der Waals surface area contributed by atoms with Crippen molar-refractivity contribution in [3.8, 4) is 11.8 Å². The molecule has 0 aliphatic carbocycles. The fraction of sp³-hybridized carbons (Fsp3) is 0.278. The van der Waals surface area contributed by atoms with Crippen LogP contribution in [0.2, 0.25) is 0 Å². The predicted molar refractivity (Wildman–Crippen MR) is 94.4 cm³/mol. The molecule has 0 unspecified atom stereocenters. The molecule has 25 heavy (non-hydrogen) atoms. The molecule has 0 spiro atoms. The topological polar surface area (TPSA) is 88.4 Å². The van der Waals surface area contributed by atoms with E-state index >= 15 is 0 Å². The molecule has 1 amide bonds. The number of ether oxygens (including phenoxy) is 2. The third-order valence-corrected chi connectivity index (χ3v) is 4.17. The van der Waals surface area contributed by atoms with E-state index in [1.54, 1.807) is 42.6 Å². The number of nitriles is 1. The van der Waals surface area contributed by atoms with Gasteiger partial charge in [0.15, 0.2) is 12.2 Å². The first kappa shape index (κ1) is 18.5. The first-order valence-electron chi connectivity index (χ1n) is 7.75. The number of thiophene rings is 1. The van der Waals surface area contributed by atoms with Crippen LogP contribution in [0.15, 0.2) is 41.8 Å². The number of esters is 1. The second-order valence-electron chi connectivity index (χ2n) is 5.17. The van der Waals surface area contributed by atoms with Crippen LogP contribution < -0.4 is 10.1 Å². The van der Waals surface area contributed by atoms with Crippen LogP contribution in [-0.2, 0) is 14.3 Å². The summed E-state index contributed by atoms with van der Waals surface area (Å²) in [5, 5.41) is 13.7. The average Bonchev–Trinajstić information content (AvgIpc) is 3.07. The Morgan fingerprint density at radius 1 is 1.28 bits per heavy atom. The number of nitrogens with zero attached hydrogens (tertiary/aromatic N) is 1. The van der Waals surface area contributed by atoms with E-state index in [-0.39, 0.29) is 0 Å². The fourth-order valence-electron chi connectivity index (χ4n) is 1.97. The van der Waals surface area contributed by atoms with Crippen LogP contribution in [0.1, 0.15) is 25.8 Å². The van der Waals surface area contributed by atoms with Gasteiger partial charge in [-0.3, -0.25) is 4.79 Å². The van der Waals surface area contributed by atoms with Crippen LogP contribution in [0.4, 0.5) is 5.00 Å². The standard InChI is InChI=1S/C18H18N2O4S/c1-3-15(24-14-7-5-4-6-8-14)18(22)23-12(2)16(21)20-17-13(11-19)9-10-25-17/h4-10,12,15H,3H2,1-2H3,(H,20,21)/t12-,15+/m0/s1. The van der Waals surface area contributed by atoms with Crippen LogP contribution in [0.25, 0.3) is 0 Å². The van der Waals surface area contributed by atoms with Crippen molar-refractivity contribution >= 4 is 28.2 Å². The van der Waals surface area contributed by atoms with E-state index in [0.29, 0.717) is 22.7 Å². The molecule has 0 bridgehead atoms. The largest absolute Gasteiger partial charge is 0.479 e. The molecule has 0 radical (unpaired) electrons. The van der Waals surface area contributed by atoms with Crippen molar-refractivity contribution in [1.82, 2.24) is 0 Å². The highest BCUT2D eigenvalue weighted by Gasteiger charge is 2.26. The van der Waals surface area contributed by atoms with Gasteiger partial charge in [0.2, 0.25) is 0 Å². The first-order chi connectivity index (χ1) is 12.0. The van der Waals surface area contributed by atoms with Crippen LogP contribution >= 0.6 is 11.3 Å². The van der Waals surface area contributed by atoms with E-state index in [1.807, 2.05) is 12.1 Å². The summed E-state index contributed by atoms with van der Waals surface area (Å²) < 4.78 is 10.8. The van der Waals surface area contributed by atoms with E-state index in [2.05, 4.69) is 5.32 Å². The van der Waals surface area contributed by atoms with Gasteiger partial charge in [-0.15, -0.1) is 11.3 Å². The normalized spacial score (nSPS) is 12.5. The number of carbonyl (C=O) groups is 2. The molecular weight excluding hydrogens is 340 g/mol. The first-order valence-corrected chi connectivity index (χ1v) is 8.63. The van der Waals surface area contributed by atoms with Crippen LogP contribution in [0.5, 0.6) is 5.75 Å². The Hall–Kier alpha value is -2.85. The number of hydrogen-bond donors (Lipinski definition) is 1. The molecule has 0 saturated heterocycles. The number of anilines is 1. The van der Waals surface area contributed by atoms with Gasteiger partial charge in [-0.25, -0.2) is 4.79 Å². The Kier molecular flexibility index (Phi) is 6.54.